The van der Waals surface area contributed by atoms with E-state index in [1.807, 2.05) is 13.8 Å². The number of methoxy groups -OCH3 is 2. The molecule has 1 aromatic heterocycles. The minimum absolute atomic E-state index is 0.304. The van der Waals surface area contributed by atoms with Crippen molar-refractivity contribution in [2.75, 3.05) is 19.5 Å². The van der Waals surface area contributed by atoms with Gasteiger partial charge in [0, 0.05) is 17.3 Å². The molecule has 21 heavy (non-hydrogen) atoms. The lowest BCUT2D eigenvalue weighted by atomic mass is 10.1. The standard InChI is InChI=1S/C15H17N3O3/c1-9-10(2)16-8-17-14(9)15(19)18-12-6-5-11(20-3)7-13(12)21-4/h5-8H,1-4H3,(H,18,19). The predicted molar refractivity (Wildman–Crippen MR) is 79.0 cm³/mol. The van der Waals surface area contributed by atoms with E-state index in [0.717, 1.165) is 11.3 Å². The lowest BCUT2D eigenvalue weighted by Gasteiger charge is -2.12. The Kier molecular flexibility index (Phi) is 4.37. The summed E-state index contributed by atoms with van der Waals surface area (Å²) in [4.78, 5) is 20.4. The quantitative estimate of drug-likeness (QED) is 0.934. The lowest BCUT2D eigenvalue weighted by Crippen LogP contribution is -2.16. The van der Waals surface area contributed by atoms with Crippen LogP contribution in [0.5, 0.6) is 11.5 Å². The number of aryl methyl sites for hydroxylation is 1. The third-order valence-corrected chi connectivity index (χ3v) is 3.21. The molecule has 0 aliphatic carbocycles. The Morgan fingerprint density at radius 2 is 1.90 bits per heavy atom. The average Bonchev–Trinajstić information content (AvgIpc) is 2.50. The first-order valence-corrected chi connectivity index (χ1v) is 6.38. The van der Waals surface area contributed by atoms with Crippen molar-refractivity contribution in [3.05, 3.63) is 41.5 Å². The highest BCUT2D eigenvalue weighted by molar-refractivity contribution is 6.04. The largest absolute Gasteiger partial charge is 0.497 e. The summed E-state index contributed by atoms with van der Waals surface area (Å²) in [7, 11) is 3.10. The van der Waals surface area contributed by atoms with Crippen molar-refractivity contribution in [2.24, 2.45) is 0 Å². The Hall–Kier alpha value is -2.63. The second-order valence-electron chi connectivity index (χ2n) is 4.45. The first-order chi connectivity index (χ1) is 10.1. The number of aromatic nitrogens is 2. The van der Waals surface area contributed by atoms with Gasteiger partial charge in [0.1, 0.15) is 23.5 Å². The minimum atomic E-state index is -0.304. The van der Waals surface area contributed by atoms with Gasteiger partial charge in [0.25, 0.3) is 5.91 Å². The number of anilines is 1. The van der Waals surface area contributed by atoms with Crippen LogP contribution in [0.1, 0.15) is 21.7 Å². The molecule has 1 N–H and O–H groups in total. The number of hydrogen-bond acceptors (Lipinski definition) is 5. The van der Waals surface area contributed by atoms with Gasteiger partial charge in [-0.2, -0.15) is 0 Å². The second kappa shape index (κ2) is 6.21. The van der Waals surface area contributed by atoms with Crippen LogP contribution in [-0.4, -0.2) is 30.1 Å². The summed E-state index contributed by atoms with van der Waals surface area (Å²) in [6, 6.07) is 5.17. The van der Waals surface area contributed by atoms with Crippen molar-refractivity contribution >= 4 is 11.6 Å². The molecular weight excluding hydrogens is 270 g/mol. The molecule has 6 nitrogen and oxygen atoms in total. The summed E-state index contributed by atoms with van der Waals surface area (Å²) in [5.74, 6) is 0.867. The first kappa shape index (κ1) is 14.8. The van der Waals surface area contributed by atoms with Gasteiger partial charge in [0.2, 0.25) is 0 Å². The SMILES string of the molecule is COc1ccc(NC(=O)c2ncnc(C)c2C)c(OC)c1. The maximum absolute atomic E-state index is 12.3. The molecule has 0 fully saturated rings. The Bertz CT molecular complexity index is 671. The molecule has 0 aliphatic rings. The number of ether oxygens (including phenoxy) is 2. The van der Waals surface area contributed by atoms with Crippen LogP contribution in [0, 0.1) is 13.8 Å². The van der Waals surface area contributed by atoms with E-state index in [4.69, 9.17) is 9.47 Å². The van der Waals surface area contributed by atoms with Gasteiger partial charge >= 0.3 is 0 Å². The molecule has 0 bridgehead atoms. The molecule has 0 saturated carbocycles. The van der Waals surface area contributed by atoms with E-state index in [9.17, 15) is 4.79 Å². The fraction of sp³-hybridized carbons (Fsp3) is 0.267. The molecular formula is C15H17N3O3. The van der Waals surface area contributed by atoms with Gasteiger partial charge in [-0.25, -0.2) is 9.97 Å². The number of nitrogens with zero attached hydrogens (tertiary/aromatic N) is 2. The number of carbonyl (C=O) groups is 1. The summed E-state index contributed by atoms with van der Waals surface area (Å²) in [5.41, 5.74) is 2.43. The van der Waals surface area contributed by atoms with Gasteiger partial charge in [-0.3, -0.25) is 4.79 Å². The van der Waals surface area contributed by atoms with Crippen LogP contribution in [0.3, 0.4) is 0 Å². The molecule has 1 aromatic carbocycles. The summed E-state index contributed by atoms with van der Waals surface area (Å²) < 4.78 is 10.4. The number of hydrogen-bond donors (Lipinski definition) is 1. The second-order valence-corrected chi connectivity index (χ2v) is 4.45. The third kappa shape index (κ3) is 3.10. The molecule has 2 aromatic rings. The Balaban J connectivity index is 2.29. The van der Waals surface area contributed by atoms with Gasteiger partial charge in [-0.05, 0) is 26.0 Å². The van der Waals surface area contributed by atoms with Gasteiger partial charge in [0.05, 0.1) is 19.9 Å². The highest BCUT2D eigenvalue weighted by Crippen LogP contribution is 2.29. The molecule has 0 aliphatic heterocycles. The van der Waals surface area contributed by atoms with Crippen LogP contribution in [0.15, 0.2) is 24.5 Å². The van der Waals surface area contributed by atoms with E-state index in [1.165, 1.54) is 13.4 Å². The maximum Gasteiger partial charge on any atom is 0.274 e. The van der Waals surface area contributed by atoms with E-state index in [-0.39, 0.29) is 5.91 Å². The van der Waals surface area contributed by atoms with Gasteiger partial charge in [0.15, 0.2) is 0 Å². The van der Waals surface area contributed by atoms with E-state index >= 15 is 0 Å². The summed E-state index contributed by atoms with van der Waals surface area (Å²) in [5, 5.41) is 2.79. The topological polar surface area (TPSA) is 73.3 Å². The van der Waals surface area contributed by atoms with E-state index in [0.29, 0.717) is 22.9 Å². The zero-order valence-corrected chi connectivity index (χ0v) is 12.4. The number of nitrogens with one attached hydrogen (secondary N) is 1. The summed E-state index contributed by atoms with van der Waals surface area (Å²) >= 11 is 0. The van der Waals surface area contributed by atoms with Crippen molar-refractivity contribution in [1.82, 2.24) is 9.97 Å². The number of amides is 1. The molecule has 0 radical (unpaired) electrons. The van der Waals surface area contributed by atoms with Crippen molar-refractivity contribution in [3.63, 3.8) is 0 Å². The zero-order valence-electron chi connectivity index (χ0n) is 12.4. The van der Waals surface area contributed by atoms with Crippen molar-refractivity contribution in [3.8, 4) is 11.5 Å². The molecule has 0 spiro atoms. The fourth-order valence-electron chi connectivity index (χ4n) is 1.85. The average molecular weight is 287 g/mol. The zero-order chi connectivity index (χ0) is 15.4. The van der Waals surface area contributed by atoms with Crippen molar-refractivity contribution < 1.29 is 14.3 Å². The minimum Gasteiger partial charge on any atom is -0.497 e. The van der Waals surface area contributed by atoms with Crippen molar-refractivity contribution in [2.45, 2.75) is 13.8 Å². The van der Waals surface area contributed by atoms with Crippen LogP contribution in [-0.2, 0) is 0 Å². The van der Waals surface area contributed by atoms with Gasteiger partial charge in [-0.15, -0.1) is 0 Å². The number of rotatable bonds is 4. The van der Waals surface area contributed by atoms with Gasteiger partial charge < -0.3 is 14.8 Å². The van der Waals surface area contributed by atoms with Crippen LogP contribution >= 0.6 is 0 Å². The first-order valence-electron chi connectivity index (χ1n) is 6.38. The molecule has 0 saturated heterocycles. The molecule has 2 rings (SSSR count). The van der Waals surface area contributed by atoms with Crippen LogP contribution in [0.2, 0.25) is 0 Å². The van der Waals surface area contributed by atoms with E-state index in [1.54, 1.807) is 25.3 Å². The lowest BCUT2D eigenvalue weighted by molar-refractivity contribution is 0.102. The third-order valence-electron chi connectivity index (χ3n) is 3.21. The molecule has 6 heteroatoms. The molecule has 1 amide bonds. The fourth-order valence-corrected chi connectivity index (χ4v) is 1.85. The Morgan fingerprint density at radius 3 is 2.57 bits per heavy atom. The van der Waals surface area contributed by atoms with Gasteiger partial charge in [-0.1, -0.05) is 0 Å². The highest BCUT2D eigenvalue weighted by atomic mass is 16.5. The van der Waals surface area contributed by atoms with Crippen LogP contribution in [0.25, 0.3) is 0 Å². The molecule has 1 heterocycles. The monoisotopic (exact) mass is 287 g/mol. The highest BCUT2D eigenvalue weighted by Gasteiger charge is 2.15. The molecule has 0 unspecified atom stereocenters. The van der Waals surface area contributed by atoms with E-state index < -0.39 is 0 Å². The van der Waals surface area contributed by atoms with Crippen LogP contribution < -0.4 is 14.8 Å². The number of benzene rings is 1. The van der Waals surface area contributed by atoms with Crippen molar-refractivity contribution in [1.29, 1.82) is 0 Å². The Labute approximate surface area is 123 Å². The number of carbonyl (C=O) groups excluding carboxylic acids is 1. The van der Waals surface area contributed by atoms with E-state index in [2.05, 4.69) is 15.3 Å². The summed E-state index contributed by atoms with van der Waals surface area (Å²) in [6.07, 6.45) is 1.38. The molecule has 0 atom stereocenters. The van der Waals surface area contributed by atoms with Crippen LogP contribution in [0.4, 0.5) is 5.69 Å². The maximum atomic E-state index is 12.3. The normalized spacial score (nSPS) is 10.1. The smallest absolute Gasteiger partial charge is 0.274 e. The Morgan fingerprint density at radius 1 is 1.14 bits per heavy atom. The predicted octanol–water partition coefficient (Wildman–Crippen LogP) is 2.36. The molecule has 110 valence electrons. The summed E-state index contributed by atoms with van der Waals surface area (Å²) in [6.45, 7) is 3.65.